The molecule has 0 aromatic rings. The first-order chi connectivity index (χ1) is 7.72. The van der Waals surface area contributed by atoms with E-state index in [1.165, 1.54) is 0 Å². The average Bonchev–Trinajstić information content (AvgIpc) is 2.25. The molecule has 1 aliphatic heterocycles. The SMILES string of the molecule is CCC1(COS(C)(=O)=O)OCC(C)C(C)C1C. The van der Waals surface area contributed by atoms with E-state index in [1.807, 2.05) is 6.92 Å². The maximum absolute atomic E-state index is 11.1. The van der Waals surface area contributed by atoms with Gasteiger partial charge < -0.3 is 4.74 Å². The molecule has 0 radical (unpaired) electrons. The summed E-state index contributed by atoms with van der Waals surface area (Å²) in [6.45, 7) is 9.30. The minimum absolute atomic E-state index is 0.126. The average molecular weight is 264 g/mol. The molecule has 1 aliphatic rings. The third-order valence-corrected chi connectivity index (χ3v) is 4.81. The van der Waals surface area contributed by atoms with Gasteiger partial charge in [0.15, 0.2) is 0 Å². The van der Waals surface area contributed by atoms with E-state index in [4.69, 9.17) is 8.92 Å². The minimum atomic E-state index is -3.41. The van der Waals surface area contributed by atoms with Crippen LogP contribution >= 0.6 is 0 Å². The fourth-order valence-corrected chi connectivity index (χ4v) is 2.87. The Bertz CT molecular complexity index is 352. The van der Waals surface area contributed by atoms with Crippen LogP contribution in [-0.2, 0) is 19.0 Å². The van der Waals surface area contributed by atoms with Gasteiger partial charge in [-0.25, -0.2) is 0 Å². The van der Waals surface area contributed by atoms with Gasteiger partial charge in [0.05, 0.1) is 25.1 Å². The maximum atomic E-state index is 11.1. The zero-order chi connectivity index (χ0) is 13.3. The Morgan fingerprint density at radius 2 is 1.94 bits per heavy atom. The predicted octanol–water partition coefficient (Wildman–Crippen LogP) is 2.05. The Kier molecular flexibility index (Phi) is 4.60. The molecule has 5 heteroatoms. The van der Waals surface area contributed by atoms with Crippen molar-refractivity contribution in [1.29, 1.82) is 0 Å². The lowest BCUT2D eigenvalue weighted by atomic mass is 9.72. The van der Waals surface area contributed by atoms with Crippen molar-refractivity contribution >= 4 is 10.1 Å². The summed E-state index contributed by atoms with van der Waals surface area (Å²) in [5.41, 5.74) is -0.463. The standard InChI is InChI=1S/C12H24O4S/c1-6-12(8-16-17(5,13)14)11(4)10(3)9(2)7-15-12/h9-11H,6-8H2,1-5H3. The Morgan fingerprint density at radius 3 is 2.41 bits per heavy atom. The molecule has 4 atom stereocenters. The summed E-state index contributed by atoms with van der Waals surface area (Å²) < 4.78 is 33.1. The fraction of sp³-hybridized carbons (Fsp3) is 1.00. The number of hydrogen-bond donors (Lipinski definition) is 0. The molecule has 0 aliphatic carbocycles. The van der Waals surface area contributed by atoms with E-state index in [1.54, 1.807) is 0 Å². The molecule has 102 valence electrons. The summed E-state index contributed by atoms with van der Waals surface area (Å²) in [6, 6.07) is 0. The highest BCUT2D eigenvalue weighted by Gasteiger charge is 2.45. The zero-order valence-corrected chi connectivity index (χ0v) is 12.2. The van der Waals surface area contributed by atoms with Gasteiger partial charge in [0, 0.05) is 0 Å². The van der Waals surface area contributed by atoms with E-state index in [9.17, 15) is 8.42 Å². The van der Waals surface area contributed by atoms with E-state index in [0.29, 0.717) is 18.4 Å². The zero-order valence-electron chi connectivity index (χ0n) is 11.4. The molecule has 0 spiro atoms. The summed E-state index contributed by atoms with van der Waals surface area (Å²) in [4.78, 5) is 0. The molecule has 0 amide bonds. The summed E-state index contributed by atoms with van der Waals surface area (Å²) in [5.74, 6) is 1.30. The topological polar surface area (TPSA) is 52.6 Å². The van der Waals surface area contributed by atoms with Crippen molar-refractivity contribution in [2.45, 2.75) is 39.7 Å². The molecule has 0 N–H and O–H groups in total. The monoisotopic (exact) mass is 264 g/mol. The highest BCUT2D eigenvalue weighted by Crippen LogP contribution is 2.40. The molecule has 1 saturated heterocycles. The van der Waals surface area contributed by atoms with Gasteiger partial charge in [-0.2, -0.15) is 8.42 Å². The Balaban J connectivity index is 2.81. The molecule has 0 saturated carbocycles. The van der Waals surface area contributed by atoms with Crippen molar-refractivity contribution in [3.05, 3.63) is 0 Å². The van der Waals surface area contributed by atoms with Crippen molar-refractivity contribution in [3.63, 3.8) is 0 Å². The molecule has 4 unspecified atom stereocenters. The van der Waals surface area contributed by atoms with E-state index in [0.717, 1.165) is 12.7 Å². The number of ether oxygens (including phenoxy) is 1. The van der Waals surface area contributed by atoms with Gasteiger partial charge in [-0.3, -0.25) is 4.18 Å². The molecular weight excluding hydrogens is 240 g/mol. The highest BCUT2D eigenvalue weighted by atomic mass is 32.2. The smallest absolute Gasteiger partial charge is 0.264 e. The van der Waals surface area contributed by atoms with Crippen molar-refractivity contribution in [1.82, 2.24) is 0 Å². The maximum Gasteiger partial charge on any atom is 0.264 e. The summed E-state index contributed by atoms with van der Waals surface area (Å²) in [7, 11) is -3.41. The van der Waals surface area contributed by atoms with Crippen LogP contribution in [-0.4, -0.2) is 33.5 Å². The van der Waals surface area contributed by atoms with E-state index < -0.39 is 15.7 Å². The van der Waals surface area contributed by atoms with E-state index in [2.05, 4.69) is 20.8 Å². The van der Waals surface area contributed by atoms with Gasteiger partial charge in [-0.15, -0.1) is 0 Å². The number of rotatable bonds is 4. The van der Waals surface area contributed by atoms with Crippen LogP contribution in [0.5, 0.6) is 0 Å². The molecule has 17 heavy (non-hydrogen) atoms. The van der Waals surface area contributed by atoms with Crippen LogP contribution < -0.4 is 0 Å². The lowest BCUT2D eigenvalue weighted by Crippen LogP contribution is -2.52. The largest absolute Gasteiger partial charge is 0.372 e. The molecule has 1 fully saturated rings. The van der Waals surface area contributed by atoms with Crippen molar-refractivity contribution in [2.24, 2.45) is 17.8 Å². The Hall–Kier alpha value is -0.130. The van der Waals surface area contributed by atoms with Crippen LogP contribution in [0.4, 0.5) is 0 Å². The first-order valence-electron chi connectivity index (χ1n) is 6.20. The first kappa shape index (κ1) is 14.9. The van der Waals surface area contributed by atoms with Gasteiger partial charge >= 0.3 is 0 Å². The lowest BCUT2D eigenvalue weighted by molar-refractivity contribution is -0.172. The predicted molar refractivity (Wildman–Crippen MR) is 67.3 cm³/mol. The molecule has 0 aromatic carbocycles. The van der Waals surface area contributed by atoms with Gasteiger partial charge in [-0.05, 0) is 24.2 Å². The third kappa shape index (κ3) is 3.42. The molecule has 0 aromatic heterocycles. The highest BCUT2D eigenvalue weighted by molar-refractivity contribution is 7.85. The van der Waals surface area contributed by atoms with E-state index >= 15 is 0 Å². The first-order valence-corrected chi connectivity index (χ1v) is 8.02. The molecule has 1 heterocycles. The van der Waals surface area contributed by atoms with Crippen molar-refractivity contribution < 1.29 is 17.3 Å². The molecule has 0 bridgehead atoms. The Morgan fingerprint density at radius 1 is 1.35 bits per heavy atom. The Labute approximate surface area is 105 Å². The van der Waals surface area contributed by atoms with Gasteiger partial charge in [0.1, 0.15) is 0 Å². The van der Waals surface area contributed by atoms with Crippen LogP contribution in [0.3, 0.4) is 0 Å². The van der Waals surface area contributed by atoms with Crippen LogP contribution in [0.2, 0.25) is 0 Å². The second-order valence-electron chi connectivity index (χ2n) is 5.32. The lowest BCUT2D eigenvalue weighted by Gasteiger charge is -2.47. The third-order valence-electron chi connectivity index (χ3n) is 4.27. The fourth-order valence-electron chi connectivity index (χ4n) is 2.46. The van der Waals surface area contributed by atoms with Crippen molar-refractivity contribution in [3.8, 4) is 0 Å². The normalized spacial score (nSPS) is 39.2. The summed E-state index contributed by atoms with van der Waals surface area (Å²) in [5, 5.41) is 0. The van der Waals surface area contributed by atoms with Gasteiger partial charge in [0.2, 0.25) is 0 Å². The second kappa shape index (κ2) is 5.24. The van der Waals surface area contributed by atoms with Crippen LogP contribution in [0, 0.1) is 17.8 Å². The van der Waals surface area contributed by atoms with Crippen LogP contribution in [0.25, 0.3) is 0 Å². The van der Waals surface area contributed by atoms with Crippen LogP contribution in [0.1, 0.15) is 34.1 Å². The number of hydrogen-bond acceptors (Lipinski definition) is 4. The van der Waals surface area contributed by atoms with Gasteiger partial charge in [-0.1, -0.05) is 27.7 Å². The quantitative estimate of drug-likeness (QED) is 0.729. The molecule has 1 rings (SSSR count). The molecular formula is C12H24O4S. The molecule has 4 nitrogen and oxygen atoms in total. The van der Waals surface area contributed by atoms with E-state index in [-0.39, 0.29) is 12.5 Å². The summed E-state index contributed by atoms with van der Waals surface area (Å²) >= 11 is 0. The van der Waals surface area contributed by atoms with Crippen molar-refractivity contribution in [2.75, 3.05) is 19.5 Å². The second-order valence-corrected chi connectivity index (χ2v) is 6.96. The van der Waals surface area contributed by atoms with Crippen LogP contribution in [0.15, 0.2) is 0 Å². The summed E-state index contributed by atoms with van der Waals surface area (Å²) in [6.07, 6.45) is 1.84. The van der Waals surface area contributed by atoms with Gasteiger partial charge in [0.25, 0.3) is 10.1 Å². The minimum Gasteiger partial charge on any atom is -0.372 e.